The SMILES string of the molecule is Cl.NCc1cc(-c2ccco2)on1. The van der Waals surface area contributed by atoms with E-state index in [2.05, 4.69) is 5.16 Å². The maximum absolute atomic E-state index is 5.36. The summed E-state index contributed by atoms with van der Waals surface area (Å²) < 4.78 is 10.1. The quantitative estimate of drug-likeness (QED) is 0.803. The summed E-state index contributed by atoms with van der Waals surface area (Å²) in [4.78, 5) is 0. The van der Waals surface area contributed by atoms with E-state index >= 15 is 0 Å². The molecule has 2 rings (SSSR count). The highest BCUT2D eigenvalue weighted by molar-refractivity contribution is 5.85. The van der Waals surface area contributed by atoms with E-state index in [0.29, 0.717) is 18.1 Å². The van der Waals surface area contributed by atoms with Gasteiger partial charge in [0, 0.05) is 12.6 Å². The lowest BCUT2D eigenvalue weighted by Gasteiger charge is -1.83. The first-order chi connectivity index (χ1) is 5.90. The molecule has 0 aliphatic heterocycles. The van der Waals surface area contributed by atoms with Crippen molar-refractivity contribution in [2.75, 3.05) is 0 Å². The molecule has 2 aromatic rings. The Balaban J connectivity index is 0.000000845. The van der Waals surface area contributed by atoms with Gasteiger partial charge in [-0.05, 0) is 12.1 Å². The summed E-state index contributed by atoms with van der Waals surface area (Å²) in [6, 6.07) is 5.36. The molecule has 13 heavy (non-hydrogen) atoms. The lowest BCUT2D eigenvalue weighted by atomic mass is 10.3. The van der Waals surface area contributed by atoms with Crippen molar-refractivity contribution in [3.05, 3.63) is 30.2 Å². The summed E-state index contributed by atoms with van der Waals surface area (Å²) in [6.45, 7) is 0.379. The van der Waals surface area contributed by atoms with Gasteiger partial charge in [0.25, 0.3) is 0 Å². The first kappa shape index (κ1) is 9.83. The Morgan fingerprint density at radius 2 is 2.23 bits per heavy atom. The number of hydrogen-bond acceptors (Lipinski definition) is 4. The third-order valence-corrected chi connectivity index (χ3v) is 1.53. The molecule has 0 unspecified atom stereocenters. The largest absolute Gasteiger partial charge is 0.461 e. The third kappa shape index (κ3) is 1.91. The zero-order chi connectivity index (χ0) is 8.39. The Kier molecular flexibility index (Phi) is 3.11. The van der Waals surface area contributed by atoms with Crippen LogP contribution in [-0.2, 0) is 6.54 Å². The summed E-state index contributed by atoms with van der Waals surface area (Å²) >= 11 is 0. The molecule has 4 nitrogen and oxygen atoms in total. The zero-order valence-corrected chi connectivity index (χ0v) is 7.58. The van der Waals surface area contributed by atoms with Crippen LogP contribution in [0.15, 0.2) is 33.4 Å². The van der Waals surface area contributed by atoms with Crippen molar-refractivity contribution in [2.24, 2.45) is 5.73 Å². The fraction of sp³-hybridized carbons (Fsp3) is 0.125. The fourth-order valence-corrected chi connectivity index (χ4v) is 0.943. The molecule has 0 atom stereocenters. The highest BCUT2D eigenvalue weighted by Crippen LogP contribution is 2.19. The Labute approximate surface area is 81.1 Å². The molecular weight excluding hydrogens is 192 g/mol. The van der Waals surface area contributed by atoms with Gasteiger partial charge in [0.15, 0.2) is 5.76 Å². The molecular formula is C8H9ClN2O2. The van der Waals surface area contributed by atoms with Crippen LogP contribution in [0.25, 0.3) is 11.5 Å². The molecule has 0 saturated carbocycles. The Morgan fingerprint density at radius 1 is 1.38 bits per heavy atom. The second-order valence-corrected chi connectivity index (χ2v) is 2.36. The van der Waals surface area contributed by atoms with Crippen LogP contribution in [0.5, 0.6) is 0 Å². The molecule has 2 heterocycles. The van der Waals surface area contributed by atoms with E-state index in [1.54, 1.807) is 24.5 Å². The predicted molar refractivity (Wildman–Crippen MR) is 49.3 cm³/mol. The van der Waals surface area contributed by atoms with Crippen molar-refractivity contribution in [1.82, 2.24) is 5.16 Å². The number of rotatable bonds is 2. The Morgan fingerprint density at radius 3 is 2.77 bits per heavy atom. The number of nitrogens with zero attached hydrogens (tertiary/aromatic N) is 1. The molecule has 70 valence electrons. The smallest absolute Gasteiger partial charge is 0.202 e. The maximum Gasteiger partial charge on any atom is 0.202 e. The molecule has 0 saturated heterocycles. The van der Waals surface area contributed by atoms with Crippen molar-refractivity contribution < 1.29 is 8.94 Å². The molecule has 0 aliphatic carbocycles. The standard InChI is InChI=1S/C8H8N2O2.ClH/c9-5-6-4-8(12-10-6)7-2-1-3-11-7;/h1-4H,5,9H2;1H. The summed E-state index contributed by atoms with van der Waals surface area (Å²) in [6.07, 6.45) is 1.58. The minimum atomic E-state index is 0. The Hall–Kier alpha value is -1.26. The number of halogens is 1. The van der Waals surface area contributed by atoms with E-state index in [-0.39, 0.29) is 12.4 Å². The molecule has 0 fully saturated rings. The highest BCUT2D eigenvalue weighted by Gasteiger charge is 2.06. The monoisotopic (exact) mass is 200 g/mol. The molecule has 5 heteroatoms. The number of hydrogen-bond donors (Lipinski definition) is 1. The minimum Gasteiger partial charge on any atom is -0.461 e. The fourth-order valence-electron chi connectivity index (χ4n) is 0.943. The lowest BCUT2D eigenvalue weighted by molar-refractivity contribution is 0.411. The van der Waals surface area contributed by atoms with E-state index in [9.17, 15) is 0 Å². The van der Waals surface area contributed by atoms with Crippen LogP contribution in [0.4, 0.5) is 0 Å². The second-order valence-electron chi connectivity index (χ2n) is 2.36. The summed E-state index contributed by atoms with van der Waals surface area (Å²) in [7, 11) is 0. The zero-order valence-electron chi connectivity index (χ0n) is 6.77. The van der Waals surface area contributed by atoms with E-state index in [4.69, 9.17) is 14.7 Å². The first-order valence-corrected chi connectivity index (χ1v) is 3.59. The molecule has 0 aromatic carbocycles. The van der Waals surface area contributed by atoms with Gasteiger partial charge in [-0.1, -0.05) is 5.16 Å². The topological polar surface area (TPSA) is 65.2 Å². The van der Waals surface area contributed by atoms with Gasteiger partial charge in [-0.3, -0.25) is 0 Å². The molecule has 0 radical (unpaired) electrons. The van der Waals surface area contributed by atoms with Gasteiger partial charge < -0.3 is 14.7 Å². The van der Waals surface area contributed by atoms with Gasteiger partial charge in [0.2, 0.25) is 5.76 Å². The van der Waals surface area contributed by atoms with Gasteiger partial charge >= 0.3 is 0 Å². The normalized spacial score (nSPS) is 9.62. The van der Waals surface area contributed by atoms with Crippen LogP contribution in [-0.4, -0.2) is 5.16 Å². The number of furan rings is 1. The van der Waals surface area contributed by atoms with Crippen LogP contribution in [0, 0.1) is 0 Å². The van der Waals surface area contributed by atoms with Crippen LogP contribution < -0.4 is 5.73 Å². The van der Waals surface area contributed by atoms with Gasteiger partial charge in [-0.15, -0.1) is 12.4 Å². The molecule has 0 bridgehead atoms. The van der Waals surface area contributed by atoms with E-state index in [1.165, 1.54) is 0 Å². The number of nitrogens with two attached hydrogens (primary N) is 1. The molecule has 0 spiro atoms. The van der Waals surface area contributed by atoms with Crippen molar-refractivity contribution in [1.29, 1.82) is 0 Å². The maximum atomic E-state index is 5.36. The van der Waals surface area contributed by atoms with Gasteiger partial charge in [-0.2, -0.15) is 0 Å². The van der Waals surface area contributed by atoms with E-state index < -0.39 is 0 Å². The van der Waals surface area contributed by atoms with Gasteiger partial charge in [0.1, 0.15) is 0 Å². The van der Waals surface area contributed by atoms with Crippen LogP contribution in [0.3, 0.4) is 0 Å². The summed E-state index contributed by atoms with van der Waals surface area (Å²) in [5.41, 5.74) is 6.09. The van der Waals surface area contributed by atoms with Crippen molar-refractivity contribution in [3.63, 3.8) is 0 Å². The van der Waals surface area contributed by atoms with Crippen molar-refractivity contribution in [3.8, 4) is 11.5 Å². The predicted octanol–water partition coefficient (Wildman–Crippen LogP) is 1.82. The second kappa shape index (κ2) is 4.11. The van der Waals surface area contributed by atoms with Crippen LogP contribution in [0.1, 0.15) is 5.69 Å². The molecule has 0 aliphatic rings. The lowest BCUT2D eigenvalue weighted by Crippen LogP contribution is -1.94. The number of aromatic nitrogens is 1. The van der Waals surface area contributed by atoms with E-state index in [1.807, 2.05) is 0 Å². The van der Waals surface area contributed by atoms with Crippen LogP contribution in [0.2, 0.25) is 0 Å². The van der Waals surface area contributed by atoms with Gasteiger partial charge in [0.05, 0.1) is 12.0 Å². The van der Waals surface area contributed by atoms with E-state index in [0.717, 1.165) is 5.69 Å². The van der Waals surface area contributed by atoms with Crippen LogP contribution >= 0.6 is 12.4 Å². The third-order valence-electron chi connectivity index (χ3n) is 1.53. The summed E-state index contributed by atoms with van der Waals surface area (Å²) in [5.74, 6) is 1.28. The molecule has 2 N–H and O–H groups in total. The average Bonchev–Trinajstić information content (AvgIpc) is 2.75. The van der Waals surface area contributed by atoms with Crippen molar-refractivity contribution >= 4 is 12.4 Å². The average molecular weight is 201 g/mol. The van der Waals surface area contributed by atoms with Gasteiger partial charge in [-0.25, -0.2) is 0 Å². The first-order valence-electron chi connectivity index (χ1n) is 3.59. The molecule has 2 aromatic heterocycles. The van der Waals surface area contributed by atoms with Crippen molar-refractivity contribution in [2.45, 2.75) is 6.54 Å². The minimum absolute atomic E-state index is 0. The molecule has 0 amide bonds. The highest BCUT2D eigenvalue weighted by atomic mass is 35.5. The Bertz CT molecular complexity index is 356. The summed E-state index contributed by atoms with van der Waals surface area (Å²) in [5, 5.41) is 3.73.